The summed E-state index contributed by atoms with van der Waals surface area (Å²) in [6.07, 6.45) is 7.89. The molecule has 0 amide bonds. The Morgan fingerprint density at radius 3 is 2.31 bits per heavy atom. The average molecular weight is 217 g/mol. The Labute approximate surface area is 98.8 Å². The number of hydrogen-bond donors (Lipinski definition) is 1. The summed E-state index contributed by atoms with van der Waals surface area (Å²) in [5.41, 5.74) is 10.7. The summed E-state index contributed by atoms with van der Waals surface area (Å²) in [4.78, 5) is 0. The van der Waals surface area contributed by atoms with Crippen molar-refractivity contribution in [3.8, 4) is 0 Å². The third-order valence-corrected chi connectivity index (χ3v) is 5.42. The van der Waals surface area contributed by atoms with Crippen LogP contribution in [0.15, 0.2) is 22.9 Å². The fourth-order valence-corrected chi connectivity index (χ4v) is 4.56. The van der Waals surface area contributed by atoms with Gasteiger partial charge in [0, 0.05) is 11.1 Å². The topological polar surface area (TPSA) is 26.0 Å². The first kappa shape index (κ1) is 10.4. The second kappa shape index (κ2) is 3.15. The van der Waals surface area contributed by atoms with Crippen LogP contribution >= 0.6 is 0 Å². The highest BCUT2D eigenvalue weighted by molar-refractivity contribution is 5.42. The number of allylic oxidation sites excluding steroid dienone is 4. The fraction of sp³-hybridized carbons (Fsp3) is 0.733. The van der Waals surface area contributed by atoms with Gasteiger partial charge in [-0.1, -0.05) is 18.6 Å². The van der Waals surface area contributed by atoms with Gasteiger partial charge >= 0.3 is 0 Å². The maximum absolute atomic E-state index is 6.13. The van der Waals surface area contributed by atoms with E-state index in [0.717, 1.165) is 29.9 Å². The van der Waals surface area contributed by atoms with Crippen LogP contribution in [0, 0.1) is 23.2 Å². The zero-order chi connectivity index (χ0) is 11.5. The Hall–Kier alpha value is -0.720. The second-order valence-electron chi connectivity index (χ2n) is 6.29. The normalized spacial score (nSPS) is 45.9. The molecule has 2 N–H and O–H groups in total. The monoisotopic (exact) mass is 217 g/mol. The standard InChI is InChI=1S/C15H23N/c1-4-9(2)5-13(10(3)16)15-7-11-6-12(8-15)14(11)15/h5,11-12,14H,4,6-8,16H2,1-3H3/b9-5-,13-10-. The molecule has 2 atom stereocenters. The van der Waals surface area contributed by atoms with Crippen molar-refractivity contribution < 1.29 is 0 Å². The smallest absolute Gasteiger partial charge is 0.00872 e. The quantitative estimate of drug-likeness (QED) is 0.718. The van der Waals surface area contributed by atoms with E-state index in [0.29, 0.717) is 5.41 Å². The van der Waals surface area contributed by atoms with E-state index >= 15 is 0 Å². The highest BCUT2D eigenvalue weighted by atomic mass is 14.8. The molecule has 0 saturated heterocycles. The van der Waals surface area contributed by atoms with E-state index in [1.54, 1.807) is 0 Å². The van der Waals surface area contributed by atoms with E-state index in [9.17, 15) is 0 Å². The van der Waals surface area contributed by atoms with Crippen LogP contribution in [0.4, 0.5) is 0 Å². The van der Waals surface area contributed by atoms with Gasteiger partial charge in [0.05, 0.1) is 0 Å². The first-order valence-corrected chi connectivity index (χ1v) is 6.72. The first-order valence-electron chi connectivity index (χ1n) is 6.72. The zero-order valence-electron chi connectivity index (χ0n) is 10.7. The molecule has 0 heterocycles. The molecule has 0 aromatic carbocycles. The lowest BCUT2D eigenvalue weighted by Gasteiger charge is -2.77. The molecule has 2 unspecified atom stereocenters. The third-order valence-electron chi connectivity index (χ3n) is 5.42. The molecule has 0 spiro atoms. The maximum Gasteiger partial charge on any atom is 0.00872 e. The van der Waals surface area contributed by atoms with Crippen molar-refractivity contribution in [3.05, 3.63) is 22.9 Å². The minimum absolute atomic E-state index is 0.531. The summed E-state index contributed by atoms with van der Waals surface area (Å²) in [5.74, 6) is 3.13. The molecule has 3 fully saturated rings. The van der Waals surface area contributed by atoms with E-state index in [4.69, 9.17) is 5.73 Å². The lowest BCUT2D eigenvalue weighted by molar-refractivity contribution is -0.247. The van der Waals surface area contributed by atoms with Gasteiger partial charge in [-0.15, -0.1) is 0 Å². The largest absolute Gasteiger partial charge is 0.402 e. The number of hydrogen-bond acceptors (Lipinski definition) is 1. The van der Waals surface area contributed by atoms with Gasteiger partial charge in [0.2, 0.25) is 0 Å². The molecule has 1 heteroatoms. The summed E-state index contributed by atoms with van der Waals surface area (Å²) in [6.45, 7) is 6.54. The van der Waals surface area contributed by atoms with E-state index in [1.165, 1.54) is 30.4 Å². The Kier molecular flexibility index (Phi) is 2.05. The Balaban J connectivity index is 1.89. The summed E-state index contributed by atoms with van der Waals surface area (Å²) in [5, 5.41) is 0. The van der Waals surface area contributed by atoms with Crippen molar-refractivity contribution in [1.82, 2.24) is 0 Å². The van der Waals surface area contributed by atoms with Crippen LogP contribution in [0.5, 0.6) is 0 Å². The van der Waals surface area contributed by atoms with Crippen LogP contribution in [-0.4, -0.2) is 0 Å². The number of nitrogens with two attached hydrogens (primary N) is 1. The minimum atomic E-state index is 0.531. The fourth-order valence-electron chi connectivity index (χ4n) is 4.56. The number of rotatable bonds is 3. The maximum atomic E-state index is 6.13. The van der Waals surface area contributed by atoms with Gasteiger partial charge in [0.1, 0.15) is 0 Å². The summed E-state index contributed by atoms with van der Waals surface area (Å²) in [6, 6.07) is 0. The van der Waals surface area contributed by atoms with E-state index in [2.05, 4.69) is 26.8 Å². The Bertz CT molecular complexity index is 372. The molecule has 3 aliphatic carbocycles. The van der Waals surface area contributed by atoms with Gasteiger partial charge in [-0.05, 0) is 62.9 Å². The highest BCUT2D eigenvalue weighted by Gasteiger charge is 2.72. The van der Waals surface area contributed by atoms with Crippen LogP contribution < -0.4 is 5.73 Å². The van der Waals surface area contributed by atoms with E-state index in [1.807, 2.05) is 0 Å². The van der Waals surface area contributed by atoms with Crippen molar-refractivity contribution in [2.45, 2.75) is 46.5 Å². The van der Waals surface area contributed by atoms with Gasteiger partial charge in [0.15, 0.2) is 0 Å². The molecule has 3 rings (SSSR count). The van der Waals surface area contributed by atoms with Gasteiger partial charge in [0.25, 0.3) is 0 Å². The van der Waals surface area contributed by atoms with Crippen LogP contribution in [0.3, 0.4) is 0 Å². The lowest BCUT2D eigenvalue weighted by atomic mass is 9.27. The van der Waals surface area contributed by atoms with Crippen molar-refractivity contribution >= 4 is 0 Å². The zero-order valence-corrected chi connectivity index (χ0v) is 10.7. The van der Waals surface area contributed by atoms with E-state index < -0.39 is 0 Å². The van der Waals surface area contributed by atoms with Gasteiger partial charge in [-0.25, -0.2) is 0 Å². The summed E-state index contributed by atoms with van der Waals surface area (Å²) >= 11 is 0. The molecule has 1 nitrogen and oxygen atoms in total. The van der Waals surface area contributed by atoms with E-state index in [-0.39, 0.29) is 0 Å². The Morgan fingerprint density at radius 2 is 1.94 bits per heavy atom. The van der Waals surface area contributed by atoms with Crippen molar-refractivity contribution in [2.75, 3.05) is 0 Å². The SMILES string of the molecule is CC/C(C)=C\C(=C(/C)N)C12CC3CC(C1)C32. The molecule has 0 aromatic rings. The lowest BCUT2D eigenvalue weighted by Crippen LogP contribution is -2.69. The second-order valence-corrected chi connectivity index (χ2v) is 6.29. The predicted octanol–water partition coefficient (Wildman–Crippen LogP) is 3.62. The van der Waals surface area contributed by atoms with Gasteiger partial charge < -0.3 is 5.73 Å². The van der Waals surface area contributed by atoms with Crippen LogP contribution in [0.1, 0.15) is 46.5 Å². The first-order chi connectivity index (χ1) is 7.58. The Morgan fingerprint density at radius 1 is 1.31 bits per heavy atom. The van der Waals surface area contributed by atoms with Crippen LogP contribution in [0.2, 0.25) is 0 Å². The average Bonchev–Trinajstić information content (AvgIpc) is 2.23. The molecule has 16 heavy (non-hydrogen) atoms. The molecule has 0 radical (unpaired) electrons. The minimum Gasteiger partial charge on any atom is -0.402 e. The van der Waals surface area contributed by atoms with Crippen molar-refractivity contribution in [1.29, 1.82) is 0 Å². The molecule has 3 saturated carbocycles. The van der Waals surface area contributed by atoms with Crippen LogP contribution in [0.25, 0.3) is 0 Å². The highest BCUT2D eigenvalue weighted by Crippen LogP contribution is 2.79. The third kappa shape index (κ3) is 1.07. The molecular formula is C15H23N. The molecule has 88 valence electrons. The van der Waals surface area contributed by atoms with Gasteiger partial charge in [-0.2, -0.15) is 0 Å². The van der Waals surface area contributed by atoms with Crippen LogP contribution in [-0.2, 0) is 0 Å². The summed E-state index contributed by atoms with van der Waals surface area (Å²) < 4.78 is 0. The summed E-state index contributed by atoms with van der Waals surface area (Å²) in [7, 11) is 0. The molecular weight excluding hydrogens is 194 g/mol. The predicted molar refractivity (Wildman–Crippen MR) is 67.7 cm³/mol. The molecule has 0 aromatic heterocycles. The van der Waals surface area contributed by atoms with Gasteiger partial charge in [-0.3, -0.25) is 0 Å². The van der Waals surface area contributed by atoms with Crippen molar-refractivity contribution in [3.63, 3.8) is 0 Å². The molecule has 0 aliphatic heterocycles. The molecule has 0 bridgehead atoms. The molecule has 3 aliphatic rings. The van der Waals surface area contributed by atoms with Crippen molar-refractivity contribution in [2.24, 2.45) is 28.9 Å².